The SMILES string of the molecule is CC(Nc1c(-c2ccc(OC(F)(F)F)cc2)nc2cnccn12)C(=O)N1CCN(c2ncc(C(F)(F)F)cc2Cl)CC1. The van der Waals surface area contributed by atoms with Gasteiger partial charge in [-0.2, -0.15) is 13.2 Å². The minimum Gasteiger partial charge on any atom is -0.406 e. The Balaban J connectivity index is 1.29. The van der Waals surface area contributed by atoms with Gasteiger partial charge in [0.2, 0.25) is 5.91 Å². The Morgan fingerprint density at radius 1 is 1.05 bits per heavy atom. The molecule has 5 rings (SSSR count). The van der Waals surface area contributed by atoms with Crippen LogP contribution in [-0.2, 0) is 11.0 Å². The number of rotatable bonds is 6. The zero-order valence-corrected chi connectivity index (χ0v) is 22.5. The molecular weight excluding hydrogens is 592 g/mol. The summed E-state index contributed by atoms with van der Waals surface area (Å²) in [6.07, 6.45) is -4.01. The topological polar surface area (TPSA) is 87.9 Å². The van der Waals surface area contributed by atoms with Gasteiger partial charge in [-0.05, 0) is 37.3 Å². The Labute approximate surface area is 239 Å². The minimum absolute atomic E-state index is 0.132. The summed E-state index contributed by atoms with van der Waals surface area (Å²) in [6, 6.07) is 5.26. The maximum atomic E-state index is 13.4. The average Bonchev–Trinajstić information content (AvgIpc) is 3.30. The predicted octanol–water partition coefficient (Wildman–Crippen LogP) is 5.51. The molecule has 222 valence electrons. The van der Waals surface area contributed by atoms with Gasteiger partial charge in [-0.1, -0.05) is 11.6 Å². The molecule has 4 aromatic rings. The van der Waals surface area contributed by atoms with Gasteiger partial charge < -0.3 is 19.9 Å². The van der Waals surface area contributed by atoms with E-state index in [4.69, 9.17) is 11.6 Å². The molecule has 1 N–H and O–H groups in total. The number of hydrogen-bond donors (Lipinski definition) is 1. The molecular formula is C26H22ClF6N7O2. The van der Waals surface area contributed by atoms with Crippen molar-refractivity contribution in [2.45, 2.75) is 25.5 Å². The lowest BCUT2D eigenvalue weighted by atomic mass is 10.1. The van der Waals surface area contributed by atoms with Gasteiger partial charge in [0, 0.05) is 50.3 Å². The van der Waals surface area contributed by atoms with Crippen molar-refractivity contribution in [3.63, 3.8) is 0 Å². The summed E-state index contributed by atoms with van der Waals surface area (Å²) in [5.41, 5.74) is 0.358. The molecule has 1 aliphatic heterocycles. The second kappa shape index (κ2) is 11.2. The standard InChI is InChI=1S/C26H22ClF6N7O2/c1-15(24(41)39-10-8-38(9-11-39)22-19(27)12-17(13-35-22)25(28,29)30)36-23-21(37-20-14-34-6-7-40(20)23)16-2-4-18(5-3-16)42-26(31,32)33/h2-7,12-15,36H,8-11H2,1H3. The van der Waals surface area contributed by atoms with Crippen molar-refractivity contribution < 1.29 is 35.9 Å². The van der Waals surface area contributed by atoms with Crippen LogP contribution >= 0.6 is 11.6 Å². The molecule has 1 unspecified atom stereocenters. The van der Waals surface area contributed by atoms with Crippen LogP contribution < -0.4 is 15.0 Å². The number of pyridine rings is 1. The highest BCUT2D eigenvalue weighted by atomic mass is 35.5. The van der Waals surface area contributed by atoms with Gasteiger partial charge in [-0.25, -0.2) is 9.97 Å². The van der Waals surface area contributed by atoms with Crippen LogP contribution in [0.25, 0.3) is 16.9 Å². The molecule has 1 aliphatic rings. The number of benzene rings is 1. The summed E-state index contributed by atoms with van der Waals surface area (Å²) in [5, 5.41) is 3.04. The monoisotopic (exact) mass is 613 g/mol. The van der Waals surface area contributed by atoms with Crippen molar-refractivity contribution in [3.05, 3.63) is 65.7 Å². The average molecular weight is 614 g/mol. The van der Waals surface area contributed by atoms with Crippen LogP contribution in [0.5, 0.6) is 5.75 Å². The highest BCUT2D eigenvalue weighted by Gasteiger charge is 2.33. The molecule has 0 radical (unpaired) electrons. The van der Waals surface area contributed by atoms with E-state index in [-0.39, 0.29) is 35.6 Å². The second-order valence-electron chi connectivity index (χ2n) is 9.39. The molecule has 1 fully saturated rings. The maximum Gasteiger partial charge on any atom is 0.573 e. The first-order valence-electron chi connectivity index (χ1n) is 12.5. The highest BCUT2D eigenvalue weighted by molar-refractivity contribution is 6.33. The molecule has 9 nitrogen and oxygen atoms in total. The number of fused-ring (bicyclic) bond motifs is 1. The molecule has 0 spiro atoms. The summed E-state index contributed by atoms with van der Waals surface area (Å²) in [4.78, 5) is 29.2. The molecule has 0 saturated carbocycles. The Morgan fingerprint density at radius 2 is 1.74 bits per heavy atom. The number of nitrogens with one attached hydrogen (secondary N) is 1. The van der Waals surface area contributed by atoms with E-state index in [2.05, 4.69) is 25.0 Å². The Hall–Kier alpha value is -4.27. The molecule has 0 bridgehead atoms. The summed E-state index contributed by atoms with van der Waals surface area (Å²) >= 11 is 6.08. The van der Waals surface area contributed by atoms with Crippen molar-refractivity contribution in [2.24, 2.45) is 0 Å². The van der Waals surface area contributed by atoms with Gasteiger partial charge in [-0.15, -0.1) is 13.2 Å². The first kappa shape index (κ1) is 29.2. The lowest BCUT2D eigenvalue weighted by Crippen LogP contribution is -2.52. The molecule has 16 heteroatoms. The van der Waals surface area contributed by atoms with E-state index in [0.717, 1.165) is 12.3 Å². The van der Waals surface area contributed by atoms with Crippen molar-refractivity contribution in [1.29, 1.82) is 0 Å². The third-order valence-electron chi connectivity index (χ3n) is 6.56. The zero-order valence-electron chi connectivity index (χ0n) is 21.7. The van der Waals surface area contributed by atoms with Gasteiger partial charge in [0.25, 0.3) is 0 Å². The molecule has 1 aromatic carbocycles. The van der Waals surface area contributed by atoms with E-state index < -0.39 is 24.1 Å². The molecule has 1 atom stereocenters. The van der Waals surface area contributed by atoms with E-state index in [9.17, 15) is 31.1 Å². The largest absolute Gasteiger partial charge is 0.573 e. The fourth-order valence-electron chi connectivity index (χ4n) is 4.56. The van der Waals surface area contributed by atoms with Crippen LogP contribution in [0.15, 0.2) is 55.1 Å². The first-order valence-corrected chi connectivity index (χ1v) is 12.9. The number of alkyl halides is 6. The van der Waals surface area contributed by atoms with E-state index in [0.29, 0.717) is 35.8 Å². The molecule has 1 amide bonds. The van der Waals surface area contributed by atoms with Crippen molar-refractivity contribution in [3.8, 4) is 17.0 Å². The lowest BCUT2D eigenvalue weighted by molar-refractivity contribution is -0.274. The number of hydrogen-bond acceptors (Lipinski definition) is 7. The van der Waals surface area contributed by atoms with Gasteiger partial charge in [0.05, 0.1) is 16.8 Å². The molecule has 3 aromatic heterocycles. The highest BCUT2D eigenvalue weighted by Crippen LogP contribution is 2.34. The van der Waals surface area contributed by atoms with Crippen molar-refractivity contribution in [1.82, 2.24) is 24.3 Å². The number of piperazine rings is 1. The van der Waals surface area contributed by atoms with E-state index in [1.54, 1.807) is 27.3 Å². The van der Waals surface area contributed by atoms with E-state index >= 15 is 0 Å². The summed E-state index contributed by atoms with van der Waals surface area (Å²) in [5.74, 6) is 0.00218. The maximum absolute atomic E-state index is 13.4. The van der Waals surface area contributed by atoms with Crippen molar-refractivity contribution in [2.75, 3.05) is 36.4 Å². The van der Waals surface area contributed by atoms with Crippen LogP contribution in [0, 0.1) is 0 Å². The third kappa shape index (κ3) is 6.30. The van der Waals surface area contributed by atoms with Gasteiger partial charge in [0.1, 0.15) is 29.1 Å². The van der Waals surface area contributed by atoms with Gasteiger partial charge in [-0.3, -0.25) is 14.2 Å². The number of halogens is 7. The van der Waals surface area contributed by atoms with Crippen LogP contribution in [0.3, 0.4) is 0 Å². The number of anilines is 2. The number of carbonyl (C=O) groups excluding carboxylic acids is 1. The number of carbonyl (C=O) groups is 1. The number of aromatic nitrogens is 4. The zero-order chi connectivity index (χ0) is 30.2. The number of ether oxygens (including phenoxy) is 1. The van der Waals surface area contributed by atoms with Crippen LogP contribution in [0.1, 0.15) is 12.5 Å². The number of nitrogens with zero attached hydrogens (tertiary/aromatic N) is 6. The molecule has 1 saturated heterocycles. The van der Waals surface area contributed by atoms with Crippen LogP contribution in [-0.4, -0.2) is 68.7 Å². The second-order valence-corrected chi connectivity index (χ2v) is 9.80. The van der Waals surface area contributed by atoms with Gasteiger partial charge >= 0.3 is 12.5 Å². The predicted molar refractivity (Wildman–Crippen MR) is 141 cm³/mol. The lowest BCUT2D eigenvalue weighted by Gasteiger charge is -2.37. The summed E-state index contributed by atoms with van der Waals surface area (Å²) in [7, 11) is 0. The molecule has 42 heavy (non-hydrogen) atoms. The summed E-state index contributed by atoms with van der Waals surface area (Å²) < 4.78 is 82.2. The van der Waals surface area contributed by atoms with Gasteiger partial charge in [0.15, 0.2) is 5.65 Å². The Kier molecular flexibility index (Phi) is 7.79. The fourth-order valence-corrected chi connectivity index (χ4v) is 4.84. The number of amides is 1. The first-order chi connectivity index (χ1) is 19.8. The minimum atomic E-state index is -4.83. The van der Waals surface area contributed by atoms with Crippen LogP contribution in [0.4, 0.5) is 38.0 Å². The van der Waals surface area contributed by atoms with E-state index in [1.165, 1.54) is 36.7 Å². The molecule has 0 aliphatic carbocycles. The Bertz CT molecular complexity index is 1590. The van der Waals surface area contributed by atoms with E-state index in [1.807, 2.05) is 0 Å². The fraction of sp³-hybridized carbons (Fsp3) is 0.308. The number of imidazole rings is 1. The smallest absolute Gasteiger partial charge is 0.406 e. The van der Waals surface area contributed by atoms with Crippen molar-refractivity contribution >= 4 is 34.8 Å². The third-order valence-corrected chi connectivity index (χ3v) is 6.83. The van der Waals surface area contributed by atoms with Crippen LogP contribution in [0.2, 0.25) is 5.02 Å². The molecule has 4 heterocycles. The Morgan fingerprint density at radius 3 is 2.36 bits per heavy atom. The summed E-state index contributed by atoms with van der Waals surface area (Å²) in [6.45, 7) is 2.81. The quantitative estimate of drug-likeness (QED) is 0.287. The normalized spacial score (nSPS) is 15.1.